The molecule has 2 atom stereocenters. The van der Waals surface area contributed by atoms with Crippen LogP contribution in [0.5, 0.6) is 0 Å². The summed E-state index contributed by atoms with van der Waals surface area (Å²) in [4.78, 5) is 11.5. The monoisotopic (exact) mass is 248 g/mol. The van der Waals surface area contributed by atoms with E-state index in [2.05, 4.69) is 12.2 Å². The van der Waals surface area contributed by atoms with Crippen LogP contribution in [0.25, 0.3) is 0 Å². The van der Waals surface area contributed by atoms with Gasteiger partial charge in [-0.25, -0.2) is 4.79 Å². The Hall–Kier alpha value is -1.71. The van der Waals surface area contributed by atoms with Crippen LogP contribution >= 0.6 is 0 Å². The Labute approximate surface area is 108 Å². The fourth-order valence-electron chi connectivity index (χ4n) is 2.24. The molecule has 0 radical (unpaired) electrons. The van der Waals surface area contributed by atoms with Crippen molar-refractivity contribution in [2.24, 2.45) is 5.92 Å². The van der Waals surface area contributed by atoms with Gasteiger partial charge >= 0.3 is 5.97 Å². The molecule has 0 bridgehead atoms. The van der Waals surface area contributed by atoms with Gasteiger partial charge in [0.2, 0.25) is 0 Å². The topological polar surface area (TPSA) is 64.3 Å². The van der Waals surface area contributed by atoms with Crippen LogP contribution in [0.15, 0.2) is 18.2 Å². The van der Waals surface area contributed by atoms with E-state index in [0.717, 1.165) is 11.6 Å². The summed E-state index contributed by atoms with van der Waals surface area (Å²) in [7, 11) is 1.38. The minimum absolute atomic E-state index is 0.334. The average molecular weight is 248 g/mol. The molecule has 18 heavy (non-hydrogen) atoms. The number of carbonyl (C=O) groups is 1. The standard InChI is InChI=1S/C14H20N2O2/c1-3-4-9-7-12(9)16-13-8-10(14(17)18-2)5-6-11(13)15/h5-6,8-9,12,16H,3-4,7,15H2,1-2H3. The Balaban J connectivity index is 2.06. The van der Waals surface area contributed by atoms with Gasteiger partial charge in [-0.2, -0.15) is 0 Å². The van der Waals surface area contributed by atoms with Gasteiger partial charge in [0.1, 0.15) is 0 Å². The lowest BCUT2D eigenvalue weighted by Crippen LogP contribution is -2.09. The maximum Gasteiger partial charge on any atom is 0.337 e. The number of nitrogens with two attached hydrogens (primary N) is 1. The molecule has 4 heteroatoms. The fraction of sp³-hybridized carbons (Fsp3) is 0.500. The Morgan fingerprint density at radius 3 is 3.00 bits per heavy atom. The number of methoxy groups -OCH3 is 1. The second kappa shape index (κ2) is 5.29. The Bertz CT molecular complexity index is 445. The summed E-state index contributed by atoms with van der Waals surface area (Å²) in [6.45, 7) is 2.20. The van der Waals surface area contributed by atoms with Crippen molar-refractivity contribution in [3.05, 3.63) is 23.8 Å². The van der Waals surface area contributed by atoms with Gasteiger partial charge in [0.05, 0.1) is 24.0 Å². The first-order valence-corrected chi connectivity index (χ1v) is 6.40. The lowest BCUT2D eigenvalue weighted by molar-refractivity contribution is 0.0601. The van der Waals surface area contributed by atoms with Crippen molar-refractivity contribution in [1.29, 1.82) is 0 Å². The van der Waals surface area contributed by atoms with Crippen molar-refractivity contribution in [1.82, 2.24) is 0 Å². The Morgan fingerprint density at radius 1 is 1.56 bits per heavy atom. The molecule has 1 aliphatic carbocycles. The third kappa shape index (κ3) is 2.75. The molecular formula is C14H20N2O2. The van der Waals surface area contributed by atoms with Gasteiger partial charge in [-0.1, -0.05) is 13.3 Å². The summed E-state index contributed by atoms with van der Waals surface area (Å²) >= 11 is 0. The van der Waals surface area contributed by atoms with Crippen LogP contribution in [-0.2, 0) is 4.74 Å². The first-order chi connectivity index (χ1) is 8.65. The molecule has 0 saturated heterocycles. The summed E-state index contributed by atoms with van der Waals surface area (Å²) in [5, 5.41) is 3.41. The van der Waals surface area contributed by atoms with E-state index in [1.54, 1.807) is 18.2 Å². The first kappa shape index (κ1) is 12.7. The van der Waals surface area contributed by atoms with Gasteiger partial charge in [0, 0.05) is 6.04 Å². The normalized spacial score (nSPS) is 21.4. The van der Waals surface area contributed by atoms with E-state index < -0.39 is 0 Å². The molecule has 4 nitrogen and oxygen atoms in total. The van der Waals surface area contributed by atoms with Gasteiger partial charge in [0.25, 0.3) is 0 Å². The van der Waals surface area contributed by atoms with Crippen LogP contribution in [0.3, 0.4) is 0 Å². The second-order valence-electron chi connectivity index (χ2n) is 4.83. The van der Waals surface area contributed by atoms with E-state index in [-0.39, 0.29) is 5.97 Å². The summed E-state index contributed by atoms with van der Waals surface area (Å²) in [5.41, 5.74) is 7.95. The second-order valence-corrected chi connectivity index (χ2v) is 4.83. The van der Waals surface area contributed by atoms with Crippen molar-refractivity contribution in [2.75, 3.05) is 18.2 Å². The highest BCUT2D eigenvalue weighted by molar-refractivity contribution is 5.92. The third-order valence-corrected chi connectivity index (χ3v) is 3.40. The lowest BCUT2D eigenvalue weighted by atomic mass is 10.1. The number of benzene rings is 1. The molecule has 1 aromatic carbocycles. The van der Waals surface area contributed by atoms with Crippen molar-refractivity contribution in [2.45, 2.75) is 32.2 Å². The zero-order valence-corrected chi connectivity index (χ0v) is 10.9. The molecule has 0 aromatic heterocycles. The number of nitrogen functional groups attached to an aromatic ring is 1. The van der Waals surface area contributed by atoms with E-state index in [1.165, 1.54) is 26.4 Å². The highest BCUT2D eigenvalue weighted by Gasteiger charge is 2.36. The molecule has 98 valence electrons. The van der Waals surface area contributed by atoms with Gasteiger partial charge < -0.3 is 15.8 Å². The van der Waals surface area contributed by atoms with Crippen LogP contribution in [0, 0.1) is 5.92 Å². The molecule has 0 heterocycles. The van der Waals surface area contributed by atoms with Crippen LogP contribution in [0.1, 0.15) is 36.5 Å². The lowest BCUT2D eigenvalue weighted by Gasteiger charge is -2.10. The molecule has 0 spiro atoms. The van der Waals surface area contributed by atoms with Crippen LogP contribution in [-0.4, -0.2) is 19.1 Å². The summed E-state index contributed by atoms with van der Waals surface area (Å²) < 4.78 is 4.70. The molecule has 1 saturated carbocycles. The number of rotatable bonds is 5. The largest absolute Gasteiger partial charge is 0.465 e. The van der Waals surface area contributed by atoms with Crippen LogP contribution in [0.4, 0.5) is 11.4 Å². The molecule has 2 unspecified atom stereocenters. The van der Waals surface area contributed by atoms with Crippen LogP contribution < -0.4 is 11.1 Å². The molecule has 1 aliphatic rings. The summed E-state index contributed by atoms with van der Waals surface area (Å²) in [6.07, 6.45) is 3.64. The summed E-state index contributed by atoms with van der Waals surface area (Å²) in [5.74, 6) is 0.412. The van der Waals surface area contributed by atoms with E-state index >= 15 is 0 Å². The minimum Gasteiger partial charge on any atom is -0.465 e. The molecule has 3 N–H and O–H groups in total. The van der Waals surface area contributed by atoms with Crippen LogP contribution in [0.2, 0.25) is 0 Å². The Morgan fingerprint density at radius 2 is 2.33 bits per heavy atom. The zero-order valence-electron chi connectivity index (χ0n) is 10.9. The van der Waals surface area contributed by atoms with E-state index in [9.17, 15) is 4.79 Å². The first-order valence-electron chi connectivity index (χ1n) is 6.40. The molecular weight excluding hydrogens is 228 g/mol. The Kier molecular flexibility index (Phi) is 3.75. The quantitative estimate of drug-likeness (QED) is 0.621. The number of hydrogen-bond acceptors (Lipinski definition) is 4. The molecule has 0 amide bonds. The average Bonchev–Trinajstić information content (AvgIpc) is 3.09. The molecule has 2 rings (SSSR count). The fourth-order valence-corrected chi connectivity index (χ4v) is 2.24. The number of carbonyl (C=O) groups excluding carboxylic acids is 1. The molecule has 0 aliphatic heterocycles. The highest BCUT2D eigenvalue weighted by Crippen LogP contribution is 2.38. The maximum absolute atomic E-state index is 11.5. The molecule has 1 aromatic rings. The maximum atomic E-state index is 11.5. The number of anilines is 2. The van der Waals surface area contributed by atoms with Crippen molar-refractivity contribution in [3.8, 4) is 0 Å². The highest BCUT2D eigenvalue weighted by atomic mass is 16.5. The van der Waals surface area contributed by atoms with Gasteiger partial charge in [0.15, 0.2) is 0 Å². The predicted molar refractivity (Wildman–Crippen MR) is 72.6 cm³/mol. The summed E-state index contributed by atoms with van der Waals surface area (Å²) in [6, 6.07) is 5.69. The van der Waals surface area contributed by atoms with E-state index in [4.69, 9.17) is 10.5 Å². The van der Waals surface area contributed by atoms with Gasteiger partial charge in [-0.05, 0) is 37.0 Å². The van der Waals surface area contributed by atoms with Crippen molar-refractivity contribution < 1.29 is 9.53 Å². The van der Waals surface area contributed by atoms with Crippen molar-refractivity contribution >= 4 is 17.3 Å². The van der Waals surface area contributed by atoms with Gasteiger partial charge in [-0.3, -0.25) is 0 Å². The minimum atomic E-state index is -0.334. The number of nitrogens with one attached hydrogen (secondary N) is 1. The smallest absolute Gasteiger partial charge is 0.337 e. The number of ether oxygens (including phenoxy) is 1. The van der Waals surface area contributed by atoms with E-state index in [1.807, 2.05) is 0 Å². The number of esters is 1. The zero-order chi connectivity index (χ0) is 13.1. The SMILES string of the molecule is CCCC1CC1Nc1cc(C(=O)OC)ccc1N. The molecule has 1 fully saturated rings. The van der Waals surface area contributed by atoms with Crippen molar-refractivity contribution in [3.63, 3.8) is 0 Å². The third-order valence-electron chi connectivity index (χ3n) is 3.40. The number of hydrogen-bond donors (Lipinski definition) is 2. The predicted octanol–water partition coefficient (Wildman–Crippen LogP) is 2.66. The van der Waals surface area contributed by atoms with Gasteiger partial charge in [-0.15, -0.1) is 0 Å². The van der Waals surface area contributed by atoms with E-state index in [0.29, 0.717) is 17.3 Å².